The van der Waals surface area contributed by atoms with Gasteiger partial charge in [-0.05, 0) is 47.7 Å². The van der Waals surface area contributed by atoms with Crippen molar-refractivity contribution in [3.63, 3.8) is 0 Å². The predicted octanol–water partition coefficient (Wildman–Crippen LogP) is 3.68. The number of hydrogen-bond donors (Lipinski definition) is 1. The Labute approximate surface area is 135 Å². The van der Waals surface area contributed by atoms with Gasteiger partial charge in [-0.2, -0.15) is 0 Å². The van der Waals surface area contributed by atoms with E-state index in [0.717, 1.165) is 31.7 Å². The number of benzene rings is 2. The second kappa shape index (κ2) is 4.87. The van der Waals surface area contributed by atoms with E-state index in [9.17, 15) is 0 Å². The summed E-state index contributed by atoms with van der Waals surface area (Å²) >= 11 is 0. The standard InChI is InChI=1S/C20H20N2O/c1-23-14-6-7-15-13(12-14)8-10-22-11-9-17-16-4-2-3-5-18(16)21-19(17)20(15)22/h2-7,12,20-21H,8-11H2,1H3. The van der Waals surface area contributed by atoms with Crippen molar-refractivity contribution >= 4 is 10.9 Å². The molecule has 1 unspecified atom stereocenters. The average Bonchev–Trinajstić information content (AvgIpc) is 2.99. The molecule has 23 heavy (non-hydrogen) atoms. The highest BCUT2D eigenvalue weighted by Crippen LogP contribution is 2.42. The molecular weight excluding hydrogens is 284 g/mol. The zero-order chi connectivity index (χ0) is 15.4. The predicted molar refractivity (Wildman–Crippen MR) is 92.1 cm³/mol. The monoisotopic (exact) mass is 304 g/mol. The lowest BCUT2D eigenvalue weighted by molar-refractivity contribution is 0.199. The van der Waals surface area contributed by atoms with E-state index in [1.54, 1.807) is 7.11 Å². The number of para-hydroxylation sites is 1. The molecule has 3 heteroatoms. The fourth-order valence-corrected chi connectivity index (χ4v) is 4.34. The second-order valence-corrected chi connectivity index (χ2v) is 6.57. The Morgan fingerprint density at radius 1 is 1.09 bits per heavy atom. The topological polar surface area (TPSA) is 28.3 Å². The maximum Gasteiger partial charge on any atom is 0.119 e. The molecule has 2 aromatic carbocycles. The number of H-pyrrole nitrogens is 1. The summed E-state index contributed by atoms with van der Waals surface area (Å²) in [6.07, 6.45) is 2.25. The van der Waals surface area contributed by atoms with Crippen LogP contribution in [0.4, 0.5) is 0 Å². The number of aromatic amines is 1. The summed E-state index contributed by atoms with van der Waals surface area (Å²) in [4.78, 5) is 6.33. The van der Waals surface area contributed by atoms with E-state index >= 15 is 0 Å². The molecule has 5 rings (SSSR count). The molecule has 116 valence electrons. The molecular formula is C20H20N2O. The summed E-state index contributed by atoms with van der Waals surface area (Å²) < 4.78 is 5.41. The molecule has 0 saturated heterocycles. The van der Waals surface area contributed by atoms with E-state index in [4.69, 9.17) is 4.74 Å². The molecule has 0 saturated carbocycles. The van der Waals surface area contributed by atoms with Crippen molar-refractivity contribution in [2.24, 2.45) is 0 Å². The molecule has 0 spiro atoms. The lowest BCUT2D eigenvalue weighted by Crippen LogP contribution is -2.40. The van der Waals surface area contributed by atoms with Crippen molar-refractivity contribution in [2.75, 3.05) is 20.2 Å². The first-order valence-corrected chi connectivity index (χ1v) is 8.35. The van der Waals surface area contributed by atoms with Crippen LogP contribution in [0.15, 0.2) is 42.5 Å². The maximum atomic E-state index is 5.41. The van der Waals surface area contributed by atoms with Crippen molar-refractivity contribution in [1.29, 1.82) is 0 Å². The molecule has 0 aliphatic carbocycles. The van der Waals surface area contributed by atoms with Gasteiger partial charge in [-0.15, -0.1) is 0 Å². The molecule has 1 atom stereocenters. The highest BCUT2D eigenvalue weighted by Gasteiger charge is 2.35. The van der Waals surface area contributed by atoms with Crippen LogP contribution in [0, 0.1) is 0 Å². The van der Waals surface area contributed by atoms with Crippen LogP contribution in [0.5, 0.6) is 5.75 Å². The van der Waals surface area contributed by atoms with E-state index < -0.39 is 0 Å². The van der Waals surface area contributed by atoms with Crippen LogP contribution >= 0.6 is 0 Å². The molecule has 0 bridgehead atoms. The fraction of sp³-hybridized carbons (Fsp3) is 0.300. The van der Waals surface area contributed by atoms with Gasteiger partial charge in [0.1, 0.15) is 5.75 Å². The number of fused-ring (bicyclic) bond motifs is 7. The van der Waals surface area contributed by atoms with Crippen LogP contribution in [-0.4, -0.2) is 30.1 Å². The van der Waals surface area contributed by atoms with Gasteiger partial charge < -0.3 is 9.72 Å². The van der Waals surface area contributed by atoms with Gasteiger partial charge in [-0.1, -0.05) is 24.3 Å². The Kier molecular flexibility index (Phi) is 2.79. The Bertz CT molecular complexity index is 896. The summed E-state index contributed by atoms with van der Waals surface area (Å²) in [6, 6.07) is 15.6. The van der Waals surface area contributed by atoms with Crippen molar-refractivity contribution in [1.82, 2.24) is 9.88 Å². The van der Waals surface area contributed by atoms with Gasteiger partial charge in [0, 0.05) is 29.7 Å². The van der Waals surface area contributed by atoms with Crippen molar-refractivity contribution in [2.45, 2.75) is 18.9 Å². The number of hydrogen-bond acceptors (Lipinski definition) is 2. The number of nitrogens with one attached hydrogen (secondary N) is 1. The van der Waals surface area contributed by atoms with Crippen LogP contribution in [0.2, 0.25) is 0 Å². The summed E-state index contributed by atoms with van der Waals surface area (Å²) in [5, 5.41) is 1.39. The summed E-state index contributed by atoms with van der Waals surface area (Å²) in [5.41, 5.74) is 7.02. The van der Waals surface area contributed by atoms with Crippen molar-refractivity contribution in [3.8, 4) is 5.75 Å². The minimum absolute atomic E-state index is 0.362. The smallest absolute Gasteiger partial charge is 0.119 e. The second-order valence-electron chi connectivity index (χ2n) is 6.57. The Balaban J connectivity index is 1.72. The first-order valence-electron chi connectivity index (χ1n) is 8.35. The summed E-state index contributed by atoms with van der Waals surface area (Å²) in [5.74, 6) is 0.963. The average molecular weight is 304 g/mol. The van der Waals surface area contributed by atoms with Gasteiger partial charge in [0.2, 0.25) is 0 Å². The Morgan fingerprint density at radius 2 is 1.96 bits per heavy atom. The zero-order valence-electron chi connectivity index (χ0n) is 13.3. The minimum Gasteiger partial charge on any atom is -0.497 e. The molecule has 1 aromatic heterocycles. The first kappa shape index (κ1) is 13.2. The highest BCUT2D eigenvalue weighted by molar-refractivity contribution is 5.85. The third-order valence-electron chi connectivity index (χ3n) is 5.45. The molecule has 0 fully saturated rings. The van der Waals surface area contributed by atoms with Crippen molar-refractivity contribution < 1.29 is 4.74 Å². The van der Waals surface area contributed by atoms with E-state index in [1.807, 2.05) is 0 Å². The fourth-order valence-electron chi connectivity index (χ4n) is 4.34. The number of methoxy groups -OCH3 is 1. The SMILES string of the molecule is COc1ccc2c(c1)CCN1CCc3c([nH]c4ccccc34)C21. The molecule has 3 nitrogen and oxygen atoms in total. The number of nitrogens with zero attached hydrogens (tertiary/aromatic N) is 1. The molecule has 1 N–H and O–H groups in total. The number of rotatable bonds is 1. The van der Waals surface area contributed by atoms with Gasteiger partial charge in [0.15, 0.2) is 0 Å². The lowest BCUT2D eigenvalue weighted by atomic mass is 9.85. The highest BCUT2D eigenvalue weighted by atomic mass is 16.5. The minimum atomic E-state index is 0.362. The third kappa shape index (κ3) is 1.86. The van der Waals surface area contributed by atoms with Gasteiger partial charge >= 0.3 is 0 Å². The lowest BCUT2D eigenvalue weighted by Gasteiger charge is -2.40. The zero-order valence-corrected chi connectivity index (χ0v) is 13.3. The Morgan fingerprint density at radius 3 is 2.87 bits per heavy atom. The largest absolute Gasteiger partial charge is 0.497 e. The molecule has 0 radical (unpaired) electrons. The van der Waals surface area contributed by atoms with Gasteiger partial charge in [0.05, 0.1) is 13.2 Å². The van der Waals surface area contributed by atoms with Gasteiger partial charge in [-0.25, -0.2) is 0 Å². The first-order chi connectivity index (χ1) is 11.3. The van der Waals surface area contributed by atoms with Crippen LogP contribution in [0.25, 0.3) is 10.9 Å². The third-order valence-corrected chi connectivity index (χ3v) is 5.45. The Hall–Kier alpha value is -2.26. The van der Waals surface area contributed by atoms with E-state index in [2.05, 4.69) is 52.3 Å². The summed E-state index contributed by atoms with van der Waals surface area (Å²) in [7, 11) is 1.74. The van der Waals surface area contributed by atoms with E-state index in [-0.39, 0.29) is 0 Å². The van der Waals surface area contributed by atoms with E-state index in [0.29, 0.717) is 6.04 Å². The van der Waals surface area contributed by atoms with Gasteiger partial charge in [-0.3, -0.25) is 4.90 Å². The normalized spacial score (nSPS) is 20.0. The van der Waals surface area contributed by atoms with Crippen LogP contribution in [-0.2, 0) is 12.8 Å². The summed E-state index contributed by atoms with van der Waals surface area (Å²) in [6.45, 7) is 2.27. The molecule has 3 heterocycles. The number of aromatic nitrogens is 1. The molecule has 2 aliphatic heterocycles. The van der Waals surface area contributed by atoms with E-state index in [1.165, 1.54) is 33.3 Å². The van der Waals surface area contributed by atoms with Crippen LogP contribution in [0.3, 0.4) is 0 Å². The molecule has 0 amide bonds. The van der Waals surface area contributed by atoms with Crippen LogP contribution in [0.1, 0.15) is 28.4 Å². The maximum absolute atomic E-state index is 5.41. The molecule has 2 aliphatic rings. The quantitative estimate of drug-likeness (QED) is 0.743. The van der Waals surface area contributed by atoms with Crippen molar-refractivity contribution in [3.05, 3.63) is 64.8 Å². The molecule has 3 aromatic rings. The van der Waals surface area contributed by atoms with Gasteiger partial charge in [0.25, 0.3) is 0 Å². The number of ether oxygens (including phenoxy) is 1. The van der Waals surface area contributed by atoms with Crippen LogP contribution < -0.4 is 4.74 Å².